The summed E-state index contributed by atoms with van der Waals surface area (Å²) < 4.78 is 5.38. The second-order valence-electron chi connectivity index (χ2n) is 4.85. The van der Waals surface area contributed by atoms with Gasteiger partial charge in [-0.25, -0.2) is 0 Å². The van der Waals surface area contributed by atoms with Gasteiger partial charge in [-0.2, -0.15) is 0 Å². The fourth-order valence-electron chi connectivity index (χ4n) is 2.47. The van der Waals surface area contributed by atoms with E-state index in [1.807, 2.05) is 12.3 Å². The molecule has 1 atom stereocenters. The normalized spacial score (nSPS) is 19.4. The zero-order valence-corrected chi connectivity index (χ0v) is 10.4. The minimum absolute atomic E-state index is 0.674. The Hall–Kier alpha value is -1.45. The summed E-state index contributed by atoms with van der Waals surface area (Å²) in [5.41, 5.74) is 2.38. The van der Waals surface area contributed by atoms with Gasteiger partial charge in [-0.05, 0) is 24.0 Å². The Morgan fingerprint density at radius 3 is 3.11 bits per heavy atom. The number of benzene rings is 1. The Morgan fingerprint density at radius 2 is 2.22 bits per heavy atom. The number of hydrogen-bond donors (Lipinski definition) is 1. The van der Waals surface area contributed by atoms with Crippen molar-refractivity contribution in [3.8, 4) is 0 Å². The van der Waals surface area contributed by atoms with E-state index in [1.54, 1.807) is 0 Å². The van der Waals surface area contributed by atoms with Gasteiger partial charge in [-0.15, -0.1) is 0 Å². The van der Waals surface area contributed by atoms with E-state index in [2.05, 4.69) is 34.6 Å². The molecule has 1 aromatic heterocycles. The van der Waals surface area contributed by atoms with Gasteiger partial charge in [-0.3, -0.25) is 4.98 Å². The molecule has 1 saturated heterocycles. The summed E-state index contributed by atoms with van der Waals surface area (Å²) in [6.45, 7) is 3.73. The molecule has 0 aliphatic carbocycles. The minimum Gasteiger partial charge on any atom is -0.381 e. The summed E-state index contributed by atoms with van der Waals surface area (Å²) in [7, 11) is 0. The van der Waals surface area contributed by atoms with E-state index in [0.29, 0.717) is 5.92 Å². The quantitative estimate of drug-likeness (QED) is 0.893. The third kappa shape index (κ3) is 2.52. The van der Waals surface area contributed by atoms with E-state index in [9.17, 15) is 0 Å². The second kappa shape index (κ2) is 5.46. The van der Waals surface area contributed by atoms with Crippen molar-refractivity contribution in [2.45, 2.75) is 13.0 Å². The van der Waals surface area contributed by atoms with Gasteiger partial charge >= 0.3 is 0 Å². The smallest absolute Gasteiger partial charge is 0.0746 e. The van der Waals surface area contributed by atoms with Crippen molar-refractivity contribution in [1.29, 1.82) is 0 Å². The fourth-order valence-corrected chi connectivity index (χ4v) is 2.47. The average molecular weight is 242 g/mol. The molecule has 94 valence electrons. The Balaban J connectivity index is 1.66. The van der Waals surface area contributed by atoms with Crippen molar-refractivity contribution < 1.29 is 4.74 Å². The van der Waals surface area contributed by atoms with Crippen LogP contribution in [0.1, 0.15) is 12.0 Å². The minimum atomic E-state index is 0.674. The standard InChI is InChI=1S/C15H18N2O/c1-3-13-5-2-7-17-15(13)14(4-1)10-16-9-12-6-8-18-11-12/h1-5,7,12,16H,6,8-11H2. The second-order valence-corrected chi connectivity index (χ2v) is 4.85. The lowest BCUT2D eigenvalue weighted by Gasteiger charge is -2.10. The number of ether oxygens (including phenoxy) is 1. The number of hydrogen-bond acceptors (Lipinski definition) is 3. The van der Waals surface area contributed by atoms with Crippen molar-refractivity contribution in [2.75, 3.05) is 19.8 Å². The first-order valence-electron chi connectivity index (χ1n) is 6.54. The molecule has 0 radical (unpaired) electrons. The molecule has 3 rings (SSSR count). The lowest BCUT2D eigenvalue weighted by atomic mass is 10.1. The Morgan fingerprint density at radius 1 is 1.28 bits per heavy atom. The van der Waals surface area contributed by atoms with E-state index >= 15 is 0 Å². The Kier molecular flexibility index (Phi) is 3.53. The molecule has 3 nitrogen and oxygen atoms in total. The van der Waals surface area contributed by atoms with Crippen LogP contribution in [0.25, 0.3) is 10.9 Å². The van der Waals surface area contributed by atoms with Crippen molar-refractivity contribution in [3.05, 3.63) is 42.1 Å². The van der Waals surface area contributed by atoms with Gasteiger partial charge in [0.15, 0.2) is 0 Å². The summed E-state index contributed by atoms with van der Waals surface area (Å²) >= 11 is 0. The van der Waals surface area contributed by atoms with Crippen LogP contribution in [0.15, 0.2) is 36.5 Å². The van der Waals surface area contributed by atoms with Crippen LogP contribution in [-0.2, 0) is 11.3 Å². The highest BCUT2D eigenvalue weighted by Gasteiger charge is 2.14. The Bertz CT molecular complexity index is 515. The van der Waals surface area contributed by atoms with E-state index in [1.165, 1.54) is 17.4 Å². The van der Waals surface area contributed by atoms with Crippen molar-refractivity contribution >= 4 is 10.9 Å². The van der Waals surface area contributed by atoms with Crippen LogP contribution in [0.4, 0.5) is 0 Å². The van der Waals surface area contributed by atoms with Crippen LogP contribution >= 0.6 is 0 Å². The molecule has 0 amide bonds. The topological polar surface area (TPSA) is 34.2 Å². The van der Waals surface area contributed by atoms with Crippen LogP contribution < -0.4 is 5.32 Å². The molecule has 1 unspecified atom stereocenters. The van der Waals surface area contributed by atoms with Crippen LogP contribution in [0.2, 0.25) is 0 Å². The Labute approximate surface area is 107 Å². The highest BCUT2D eigenvalue weighted by molar-refractivity contribution is 5.81. The van der Waals surface area contributed by atoms with Crippen molar-refractivity contribution in [3.63, 3.8) is 0 Å². The molecule has 1 fully saturated rings. The molecule has 3 heteroatoms. The average Bonchev–Trinajstić information content (AvgIpc) is 2.92. The fraction of sp³-hybridized carbons (Fsp3) is 0.400. The number of rotatable bonds is 4. The predicted molar refractivity (Wildman–Crippen MR) is 72.4 cm³/mol. The van der Waals surface area contributed by atoms with E-state index in [4.69, 9.17) is 4.74 Å². The zero-order valence-electron chi connectivity index (χ0n) is 10.4. The third-order valence-electron chi connectivity index (χ3n) is 3.49. The number of nitrogens with one attached hydrogen (secondary N) is 1. The maximum absolute atomic E-state index is 5.38. The van der Waals surface area contributed by atoms with Crippen LogP contribution in [-0.4, -0.2) is 24.7 Å². The summed E-state index contributed by atoms with van der Waals surface area (Å²) in [5.74, 6) is 0.674. The largest absolute Gasteiger partial charge is 0.381 e. The molecule has 2 aromatic rings. The van der Waals surface area contributed by atoms with Gasteiger partial charge in [0, 0.05) is 31.3 Å². The number of aromatic nitrogens is 1. The molecule has 18 heavy (non-hydrogen) atoms. The summed E-state index contributed by atoms with van der Waals surface area (Å²) in [6.07, 6.45) is 3.04. The summed E-state index contributed by atoms with van der Waals surface area (Å²) in [4.78, 5) is 4.47. The molecule has 1 N–H and O–H groups in total. The number of para-hydroxylation sites is 1. The first-order chi connectivity index (χ1) is 8.93. The van der Waals surface area contributed by atoms with E-state index in [-0.39, 0.29) is 0 Å². The molecule has 1 aliphatic heterocycles. The van der Waals surface area contributed by atoms with Crippen LogP contribution in [0.3, 0.4) is 0 Å². The zero-order chi connectivity index (χ0) is 12.2. The highest BCUT2D eigenvalue weighted by atomic mass is 16.5. The molecule has 2 heterocycles. The SMILES string of the molecule is c1cnc2c(CNCC3CCOC3)cccc2c1. The molecule has 1 aliphatic rings. The van der Waals surface area contributed by atoms with Crippen molar-refractivity contribution in [2.24, 2.45) is 5.92 Å². The molecule has 0 bridgehead atoms. The molecule has 0 spiro atoms. The van der Waals surface area contributed by atoms with Crippen molar-refractivity contribution in [1.82, 2.24) is 10.3 Å². The number of fused-ring (bicyclic) bond motifs is 1. The summed E-state index contributed by atoms with van der Waals surface area (Å²) in [5, 5.41) is 4.73. The van der Waals surface area contributed by atoms with Crippen LogP contribution in [0.5, 0.6) is 0 Å². The monoisotopic (exact) mass is 242 g/mol. The lowest BCUT2D eigenvalue weighted by molar-refractivity contribution is 0.185. The van der Waals surface area contributed by atoms with Gasteiger partial charge < -0.3 is 10.1 Å². The van der Waals surface area contributed by atoms with Gasteiger partial charge in [0.25, 0.3) is 0 Å². The van der Waals surface area contributed by atoms with Gasteiger partial charge in [0.1, 0.15) is 0 Å². The van der Waals surface area contributed by atoms with Gasteiger partial charge in [0.05, 0.1) is 12.1 Å². The first kappa shape index (κ1) is 11.6. The lowest BCUT2D eigenvalue weighted by Crippen LogP contribution is -2.22. The maximum Gasteiger partial charge on any atom is 0.0746 e. The number of pyridine rings is 1. The van der Waals surface area contributed by atoms with Crippen LogP contribution in [0, 0.1) is 5.92 Å². The number of nitrogens with zero attached hydrogens (tertiary/aromatic N) is 1. The van der Waals surface area contributed by atoms with E-state index in [0.717, 1.165) is 31.8 Å². The van der Waals surface area contributed by atoms with Gasteiger partial charge in [-0.1, -0.05) is 24.3 Å². The summed E-state index contributed by atoms with van der Waals surface area (Å²) in [6, 6.07) is 10.4. The maximum atomic E-state index is 5.38. The van der Waals surface area contributed by atoms with Gasteiger partial charge in [0.2, 0.25) is 0 Å². The third-order valence-corrected chi connectivity index (χ3v) is 3.49. The first-order valence-corrected chi connectivity index (χ1v) is 6.54. The molecular formula is C15H18N2O. The predicted octanol–water partition coefficient (Wildman–Crippen LogP) is 2.36. The van der Waals surface area contributed by atoms with E-state index < -0.39 is 0 Å². The highest BCUT2D eigenvalue weighted by Crippen LogP contribution is 2.16. The molecule has 0 saturated carbocycles. The molecule has 1 aromatic carbocycles. The molecular weight excluding hydrogens is 224 g/mol.